The van der Waals surface area contributed by atoms with Gasteiger partial charge in [-0.15, -0.1) is 0 Å². The highest BCUT2D eigenvalue weighted by atomic mass is 16.4. The van der Waals surface area contributed by atoms with Crippen LogP contribution in [-0.4, -0.2) is 35.6 Å². The van der Waals surface area contributed by atoms with Gasteiger partial charge in [-0.05, 0) is 24.4 Å². The van der Waals surface area contributed by atoms with Gasteiger partial charge in [0.15, 0.2) is 0 Å². The summed E-state index contributed by atoms with van der Waals surface area (Å²) in [6.07, 6.45) is 1.23. The molecule has 1 saturated heterocycles. The van der Waals surface area contributed by atoms with Gasteiger partial charge in [-0.1, -0.05) is 37.3 Å². The van der Waals surface area contributed by atoms with Crippen LogP contribution in [0.25, 0.3) is 0 Å². The van der Waals surface area contributed by atoms with Gasteiger partial charge in [-0.25, -0.2) is 4.79 Å². The van der Waals surface area contributed by atoms with Gasteiger partial charge in [0.05, 0.1) is 6.04 Å². The molecular formula is C15H20N2O3. The lowest BCUT2D eigenvalue weighted by Gasteiger charge is -2.20. The predicted molar refractivity (Wildman–Crippen MR) is 75.3 cm³/mol. The van der Waals surface area contributed by atoms with Gasteiger partial charge < -0.3 is 15.7 Å². The van der Waals surface area contributed by atoms with E-state index in [-0.39, 0.29) is 17.9 Å². The Balaban J connectivity index is 1.99. The van der Waals surface area contributed by atoms with Gasteiger partial charge in [-0.2, -0.15) is 0 Å². The molecule has 3 N–H and O–H groups in total. The van der Waals surface area contributed by atoms with E-state index in [1.54, 1.807) is 0 Å². The molecule has 1 fully saturated rings. The van der Waals surface area contributed by atoms with Crippen LogP contribution in [0.4, 0.5) is 0 Å². The van der Waals surface area contributed by atoms with Crippen LogP contribution < -0.4 is 10.6 Å². The van der Waals surface area contributed by atoms with Crippen LogP contribution in [0.3, 0.4) is 0 Å². The van der Waals surface area contributed by atoms with Crippen LogP contribution in [0.1, 0.15) is 18.9 Å². The SMILES string of the molecule is CC1CCNC1C(=O)N[C@H](Cc1ccccc1)C(=O)O. The molecule has 1 aliphatic rings. The molecule has 108 valence electrons. The van der Waals surface area contributed by atoms with Gasteiger partial charge >= 0.3 is 5.97 Å². The summed E-state index contributed by atoms with van der Waals surface area (Å²) in [5.41, 5.74) is 0.896. The first-order valence-corrected chi connectivity index (χ1v) is 6.88. The Morgan fingerprint density at radius 2 is 2.10 bits per heavy atom. The van der Waals surface area contributed by atoms with Crippen molar-refractivity contribution >= 4 is 11.9 Å². The number of rotatable bonds is 5. The van der Waals surface area contributed by atoms with Crippen LogP contribution >= 0.6 is 0 Å². The lowest BCUT2D eigenvalue weighted by Crippen LogP contribution is -2.50. The highest BCUT2D eigenvalue weighted by Gasteiger charge is 2.31. The lowest BCUT2D eigenvalue weighted by atomic mass is 10.0. The van der Waals surface area contributed by atoms with E-state index >= 15 is 0 Å². The number of carbonyl (C=O) groups excluding carboxylic acids is 1. The Labute approximate surface area is 118 Å². The molecule has 3 atom stereocenters. The van der Waals surface area contributed by atoms with E-state index in [1.165, 1.54) is 0 Å². The Morgan fingerprint density at radius 1 is 1.40 bits per heavy atom. The minimum Gasteiger partial charge on any atom is -0.480 e. The number of amides is 1. The first kappa shape index (κ1) is 14.5. The van der Waals surface area contributed by atoms with Crippen molar-refractivity contribution in [3.8, 4) is 0 Å². The number of hydrogen-bond donors (Lipinski definition) is 3. The zero-order chi connectivity index (χ0) is 14.5. The van der Waals surface area contributed by atoms with Crippen molar-refractivity contribution in [1.29, 1.82) is 0 Å². The minimum atomic E-state index is -1.01. The highest BCUT2D eigenvalue weighted by molar-refractivity contribution is 5.87. The van der Waals surface area contributed by atoms with E-state index in [4.69, 9.17) is 0 Å². The highest BCUT2D eigenvalue weighted by Crippen LogP contribution is 2.14. The number of aliphatic carboxylic acids is 1. The molecule has 1 aromatic rings. The second-order valence-corrected chi connectivity index (χ2v) is 5.29. The first-order chi connectivity index (χ1) is 9.58. The summed E-state index contributed by atoms with van der Waals surface area (Å²) in [4.78, 5) is 23.4. The van der Waals surface area contributed by atoms with Crippen molar-refractivity contribution in [2.75, 3.05) is 6.54 Å². The van der Waals surface area contributed by atoms with Gasteiger partial charge in [0, 0.05) is 6.42 Å². The van der Waals surface area contributed by atoms with Gasteiger partial charge in [0.1, 0.15) is 6.04 Å². The third-order valence-corrected chi connectivity index (χ3v) is 3.71. The second kappa shape index (κ2) is 6.52. The summed E-state index contributed by atoms with van der Waals surface area (Å²) in [7, 11) is 0. The van der Waals surface area contributed by atoms with Crippen molar-refractivity contribution in [3.05, 3.63) is 35.9 Å². The molecule has 1 aliphatic heterocycles. The van der Waals surface area contributed by atoms with Crippen molar-refractivity contribution in [1.82, 2.24) is 10.6 Å². The quantitative estimate of drug-likeness (QED) is 0.743. The minimum absolute atomic E-state index is 0.224. The van der Waals surface area contributed by atoms with Crippen LogP contribution in [0.2, 0.25) is 0 Å². The fourth-order valence-corrected chi connectivity index (χ4v) is 2.50. The van der Waals surface area contributed by atoms with Crippen molar-refractivity contribution in [3.63, 3.8) is 0 Å². The molecule has 0 radical (unpaired) electrons. The van der Waals surface area contributed by atoms with E-state index in [1.807, 2.05) is 37.3 Å². The van der Waals surface area contributed by atoms with E-state index in [9.17, 15) is 14.7 Å². The second-order valence-electron chi connectivity index (χ2n) is 5.29. The molecule has 0 aromatic heterocycles. The number of nitrogens with one attached hydrogen (secondary N) is 2. The van der Waals surface area contributed by atoms with Crippen LogP contribution in [0.15, 0.2) is 30.3 Å². The maximum absolute atomic E-state index is 12.1. The smallest absolute Gasteiger partial charge is 0.326 e. The molecule has 1 heterocycles. The maximum Gasteiger partial charge on any atom is 0.326 e. The number of benzene rings is 1. The maximum atomic E-state index is 12.1. The topological polar surface area (TPSA) is 78.4 Å². The normalized spacial score (nSPS) is 23.2. The number of carboxylic acids is 1. The van der Waals surface area contributed by atoms with E-state index in [0.717, 1.165) is 18.5 Å². The third-order valence-electron chi connectivity index (χ3n) is 3.71. The molecule has 1 aromatic carbocycles. The molecule has 0 saturated carbocycles. The standard InChI is InChI=1S/C15H20N2O3/c1-10-7-8-16-13(10)14(18)17-12(15(19)20)9-11-5-3-2-4-6-11/h2-6,10,12-13,16H,7-9H2,1H3,(H,17,18)(H,19,20)/t10?,12-,13?/m1/s1. The lowest BCUT2D eigenvalue weighted by molar-refractivity contribution is -0.142. The molecule has 0 bridgehead atoms. The summed E-state index contributed by atoms with van der Waals surface area (Å²) in [5.74, 6) is -0.993. The average molecular weight is 276 g/mol. The molecule has 0 aliphatic carbocycles. The molecule has 0 spiro atoms. The van der Waals surface area contributed by atoms with E-state index in [0.29, 0.717) is 6.42 Å². The monoisotopic (exact) mass is 276 g/mol. The van der Waals surface area contributed by atoms with E-state index < -0.39 is 12.0 Å². The Kier molecular flexibility index (Phi) is 4.74. The fraction of sp³-hybridized carbons (Fsp3) is 0.467. The number of carbonyl (C=O) groups is 2. The molecule has 20 heavy (non-hydrogen) atoms. The summed E-state index contributed by atoms with van der Waals surface area (Å²) >= 11 is 0. The zero-order valence-electron chi connectivity index (χ0n) is 11.5. The van der Waals surface area contributed by atoms with Crippen LogP contribution in [0, 0.1) is 5.92 Å². The summed E-state index contributed by atoms with van der Waals surface area (Å²) in [5, 5.41) is 15.0. The van der Waals surface area contributed by atoms with Gasteiger partial charge in [0.25, 0.3) is 0 Å². The number of carboxylic acid groups (broad SMARTS) is 1. The Morgan fingerprint density at radius 3 is 2.65 bits per heavy atom. The molecule has 2 rings (SSSR count). The van der Waals surface area contributed by atoms with Crippen molar-refractivity contribution in [2.24, 2.45) is 5.92 Å². The molecule has 5 heteroatoms. The summed E-state index contributed by atoms with van der Waals surface area (Å²) in [6, 6.07) is 8.14. The Bertz CT molecular complexity index is 475. The largest absolute Gasteiger partial charge is 0.480 e. The molecular weight excluding hydrogens is 256 g/mol. The Hall–Kier alpha value is -1.88. The summed E-state index contributed by atoms with van der Waals surface area (Å²) in [6.45, 7) is 2.80. The van der Waals surface area contributed by atoms with Crippen LogP contribution in [-0.2, 0) is 16.0 Å². The fourth-order valence-electron chi connectivity index (χ4n) is 2.50. The van der Waals surface area contributed by atoms with Gasteiger partial charge in [-0.3, -0.25) is 4.79 Å². The molecule has 1 amide bonds. The third kappa shape index (κ3) is 3.57. The van der Waals surface area contributed by atoms with E-state index in [2.05, 4.69) is 10.6 Å². The molecule has 2 unspecified atom stereocenters. The zero-order valence-corrected chi connectivity index (χ0v) is 11.5. The first-order valence-electron chi connectivity index (χ1n) is 6.88. The van der Waals surface area contributed by atoms with Crippen molar-refractivity contribution < 1.29 is 14.7 Å². The van der Waals surface area contributed by atoms with Crippen molar-refractivity contribution in [2.45, 2.75) is 31.8 Å². The number of hydrogen-bond acceptors (Lipinski definition) is 3. The van der Waals surface area contributed by atoms with Gasteiger partial charge in [0.2, 0.25) is 5.91 Å². The summed E-state index contributed by atoms with van der Waals surface area (Å²) < 4.78 is 0. The molecule has 5 nitrogen and oxygen atoms in total. The van der Waals surface area contributed by atoms with Crippen LogP contribution in [0.5, 0.6) is 0 Å². The average Bonchev–Trinajstić information content (AvgIpc) is 2.85. The predicted octanol–water partition coefficient (Wildman–Crippen LogP) is 0.796.